The summed E-state index contributed by atoms with van der Waals surface area (Å²) in [4.78, 5) is 5.98. The topological polar surface area (TPSA) is 106 Å². The third-order valence-corrected chi connectivity index (χ3v) is 8.24. The van der Waals surface area contributed by atoms with Crippen molar-refractivity contribution in [1.82, 2.24) is 9.71 Å². The first-order chi connectivity index (χ1) is 18.0. The Kier molecular flexibility index (Phi) is 10.9. The Morgan fingerprint density at radius 2 is 2.00 bits per heavy atom. The molecule has 1 N–H and O–H groups in total. The highest BCUT2D eigenvalue weighted by molar-refractivity contribution is 9.10. The summed E-state index contributed by atoms with van der Waals surface area (Å²) in [6, 6.07) is 8.82. The number of nitrogens with zero attached hydrogens (tertiary/aromatic N) is 3. The smallest absolute Gasteiger partial charge is 0.233 e. The van der Waals surface area contributed by atoms with E-state index in [2.05, 4.69) is 25.6 Å². The van der Waals surface area contributed by atoms with Crippen LogP contribution in [0.4, 0.5) is 10.2 Å². The van der Waals surface area contributed by atoms with Crippen LogP contribution in [0.1, 0.15) is 31.9 Å². The number of methoxy groups -OCH3 is 1. The molecule has 1 aliphatic rings. The Morgan fingerprint density at radius 1 is 1.29 bits per heavy atom. The van der Waals surface area contributed by atoms with Crippen LogP contribution in [0.15, 0.2) is 28.7 Å². The van der Waals surface area contributed by atoms with Gasteiger partial charge in [-0.3, -0.25) is 0 Å². The lowest BCUT2D eigenvalue weighted by atomic mass is 9.83. The number of nitrogens with one attached hydrogen (secondary N) is 1. The maximum atomic E-state index is 15.4. The van der Waals surface area contributed by atoms with Crippen LogP contribution >= 0.6 is 27.5 Å². The fourth-order valence-corrected chi connectivity index (χ4v) is 5.36. The molecule has 3 rings (SSSR count). The summed E-state index contributed by atoms with van der Waals surface area (Å²) in [6.45, 7) is 6.76. The fraction of sp³-hybridized carbons (Fsp3) is 0.520. The lowest BCUT2D eigenvalue weighted by Gasteiger charge is -2.39. The highest BCUT2D eigenvalue weighted by Gasteiger charge is 2.44. The van der Waals surface area contributed by atoms with E-state index >= 15 is 4.39 Å². The van der Waals surface area contributed by atoms with Gasteiger partial charge in [-0.25, -0.2) is 13.9 Å². The molecule has 0 radical (unpaired) electrons. The van der Waals surface area contributed by atoms with Crippen molar-refractivity contribution in [3.63, 3.8) is 0 Å². The molecule has 0 amide bonds. The molecule has 2 aromatic rings. The molecular formula is C25H31BrClFN4O5S. The van der Waals surface area contributed by atoms with E-state index in [1.165, 1.54) is 7.11 Å². The third-order valence-electron chi connectivity index (χ3n) is 5.74. The summed E-state index contributed by atoms with van der Waals surface area (Å²) in [5, 5.41) is 8.95. The van der Waals surface area contributed by atoms with E-state index in [0.29, 0.717) is 47.9 Å². The molecule has 1 fully saturated rings. The monoisotopic (exact) mass is 632 g/mol. The molecule has 38 heavy (non-hydrogen) atoms. The predicted molar refractivity (Wildman–Crippen MR) is 147 cm³/mol. The maximum absolute atomic E-state index is 15.4. The van der Waals surface area contributed by atoms with Crippen LogP contribution in [-0.2, 0) is 30.7 Å². The van der Waals surface area contributed by atoms with Crippen molar-refractivity contribution in [2.24, 2.45) is 0 Å². The fourth-order valence-electron chi connectivity index (χ4n) is 3.84. The minimum atomic E-state index is -1.71. The molecule has 9 nitrogen and oxygen atoms in total. The zero-order valence-corrected chi connectivity index (χ0v) is 24.8. The second-order valence-corrected chi connectivity index (χ2v) is 12.7. The number of halogens is 3. The molecular weight excluding hydrogens is 603 g/mol. The molecule has 208 valence electrons. The highest BCUT2D eigenvalue weighted by Crippen LogP contribution is 2.43. The molecule has 0 bridgehead atoms. The number of ether oxygens (including phenoxy) is 4. The Hall–Kier alpha value is -1.85. The number of morpholine rings is 1. The van der Waals surface area contributed by atoms with Gasteiger partial charge in [-0.05, 0) is 45.0 Å². The largest absolute Gasteiger partial charge is 0.467 e. The van der Waals surface area contributed by atoms with Gasteiger partial charge in [-0.1, -0.05) is 27.5 Å². The summed E-state index contributed by atoms with van der Waals surface area (Å²) in [5.41, 5.74) is -0.868. The summed E-state index contributed by atoms with van der Waals surface area (Å²) in [5.74, 6) is -0.198. The van der Waals surface area contributed by atoms with Gasteiger partial charge in [0.1, 0.15) is 28.7 Å². The molecule has 0 aliphatic carbocycles. The number of benzene rings is 1. The number of hydrogen-bond acceptors (Lipinski definition) is 8. The number of aromatic nitrogens is 1. The molecule has 1 aromatic carbocycles. The van der Waals surface area contributed by atoms with E-state index in [1.54, 1.807) is 45.0 Å². The molecule has 2 atom stereocenters. The predicted octanol–water partition coefficient (Wildman–Crippen LogP) is 4.29. The average Bonchev–Trinajstić information content (AvgIpc) is 2.89. The van der Waals surface area contributed by atoms with Crippen LogP contribution in [0.25, 0.3) is 0 Å². The van der Waals surface area contributed by atoms with E-state index in [4.69, 9.17) is 30.5 Å². The Morgan fingerprint density at radius 3 is 2.63 bits per heavy atom. The SMILES string of the molecule is COCOc1ccc(Br)cc1[C@](COCC#N)(NS(=O)C(C)(C)C)c1cc(N2CCOCC2)nc(F)c1Cl. The quantitative estimate of drug-likeness (QED) is 0.222. The third kappa shape index (κ3) is 7.21. The van der Waals surface area contributed by atoms with E-state index in [9.17, 15) is 9.47 Å². The van der Waals surface area contributed by atoms with Crippen molar-refractivity contribution >= 4 is 44.3 Å². The first-order valence-corrected chi connectivity index (χ1v) is 14.1. The molecule has 13 heteroatoms. The van der Waals surface area contributed by atoms with Crippen LogP contribution in [-0.4, -0.2) is 67.4 Å². The van der Waals surface area contributed by atoms with Gasteiger partial charge in [-0.15, -0.1) is 0 Å². The molecule has 1 aliphatic heterocycles. The van der Waals surface area contributed by atoms with Crippen LogP contribution in [0.3, 0.4) is 0 Å². The van der Waals surface area contributed by atoms with Crippen LogP contribution in [0.5, 0.6) is 5.75 Å². The van der Waals surface area contributed by atoms with Gasteiger partial charge in [0.25, 0.3) is 0 Å². The van der Waals surface area contributed by atoms with Gasteiger partial charge >= 0.3 is 0 Å². The van der Waals surface area contributed by atoms with Gasteiger partial charge in [0.05, 0.1) is 41.6 Å². The van der Waals surface area contributed by atoms with Crippen molar-refractivity contribution in [2.45, 2.75) is 31.1 Å². The van der Waals surface area contributed by atoms with Gasteiger partial charge in [-0.2, -0.15) is 9.65 Å². The van der Waals surface area contributed by atoms with Crippen molar-refractivity contribution in [1.29, 1.82) is 5.26 Å². The molecule has 1 saturated heterocycles. The van der Waals surface area contributed by atoms with E-state index in [-0.39, 0.29) is 30.6 Å². The van der Waals surface area contributed by atoms with E-state index < -0.39 is 27.2 Å². The lowest BCUT2D eigenvalue weighted by molar-refractivity contribution is 0.0479. The van der Waals surface area contributed by atoms with Gasteiger partial charge in [0.15, 0.2) is 6.79 Å². The molecule has 1 unspecified atom stereocenters. The van der Waals surface area contributed by atoms with E-state index in [1.807, 2.05) is 11.0 Å². The normalized spacial score (nSPS) is 16.5. The first kappa shape index (κ1) is 30.7. The second kappa shape index (κ2) is 13.5. The number of nitriles is 1. The Bertz CT molecular complexity index is 1190. The lowest BCUT2D eigenvalue weighted by Crippen LogP contribution is -2.52. The second-order valence-electron chi connectivity index (χ2n) is 9.46. The van der Waals surface area contributed by atoms with Crippen LogP contribution in [0, 0.1) is 17.3 Å². The zero-order chi connectivity index (χ0) is 27.9. The standard InChI is InChI=1S/C25H31BrClFN4O5S/c1-24(2,3)38(33)31-25(15-36-10-7-29,18-13-17(26)5-6-20(18)37-16-34-4)19-14-21(30-23(28)22(19)27)32-8-11-35-12-9-32/h5-6,13-14,31H,8-12,15-16H2,1-4H3/t25-,38?/m0/s1. The Labute approximate surface area is 238 Å². The highest BCUT2D eigenvalue weighted by atomic mass is 79.9. The van der Waals surface area contributed by atoms with Crippen LogP contribution in [0.2, 0.25) is 5.02 Å². The summed E-state index contributed by atoms with van der Waals surface area (Å²) < 4.78 is 54.4. The van der Waals surface area contributed by atoms with Crippen molar-refractivity contribution in [3.8, 4) is 11.8 Å². The van der Waals surface area contributed by atoms with Gasteiger partial charge < -0.3 is 23.8 Å². The molecule has 0 saturated carbocycles. The zero-order valence-electron chi connectivity index (χ0n) is 21.7. The number of anilines is 1. The summed E-state index contributed by atoms with van der Waals surface area (Å²) >= 11 is 10.1. The average molecular weight is 634 g/mol. The maximum Gasteiger partial charge on any atom is 0.233 e. The first-order valence-electron chi connectivity index (χ1n) is 11.8. The Balaban J connectivity index is 2.36. The van der Waals surface area contributed by atoms with Crippen molar-refractivity contribution in [2.75, 3.05) is 58.3 Å². The van der Waals surface area contributed by atoms with Gasteiger partial charge in [0, 0.05) is 35.8 Å². The molecule has 2 heterocycles. The number of rotatable bonds is 11. The summed E-state index contributed by atoms with van der Waals surface area (Å²) in [6.07, 6.45) is 0. The number of pyridine rings is 1. The molecule has 1 aromatic heterocycles. The minimum absolute atomic E-state index is 0.0798. The van der Waals surface area contributed by atoms with E-state index in [0.717, 1.165) is 0 Å². The van der Waals surface area contributed by atoms with Crippen molar-refractivity contribution < 1.29 is 27.5 Å². The molecule has 0 spiro atoms. The van der Waals surface area contributed by atoms with Crippen molar-refractivity contribution in [3.05, 3.63) is 50.8 Å². The van der Waals surface area contributed by atoms with Gasteiger partial charge in [0.2, 0.25) is 5.95 Å². The summed E-state index contributed by atoms with van der Waals surface area (Å²) in [7, 11) is -0.226. The van der Waals surface area contributed by atoms with Crippen LogP contribution < -0.4 is 14.4 Å². The number of hydrogen-bond donors (Lipinski definition) is 1. The minimum Gasteiger partial charge on any atom is -0.467 e.